The standard InChI is InChI=1S/C17H17N3O3S/c1-13-7-9-14(10-8-13)24(21,22)23-19-18-16-11-12-20(2)17-6-4-3-5-15(16)17/h3-12,19H,1-2H3. The van der Waals surface area contributed by atoms with E-state index in [1.54, 1.807) is 18.2 Å². The first kappa shape index (κ1) is 16.2. The maximum absolute atomic E-state index is 12.1. The van der Waals surface area contributed by atoms with Gasteiger partial charge in [0.1, 0.15) is 0 Å². The maximum atomic E-state index is 12.1. The number of aromatic nitrogens is 1. The van der Waals surface area contributed by atoms with Crippen LogP contribution in [0.2, 0.25) is 0 Å². The molecular formula is C17H17N3O3S. The van der Waals surface area contributed by atoms with Crippen LogP contribution in [0, 0.1) is 6.92 Å². The van der Waals surface area contributed by atoms with Gasteiger partial charge in [-0.2, -0.15) is 19.1 Å². The topological polar surface area (TPSA) is 72.7 Å². The highest BCUT2D eigenvalue weighted by atomic mass is 32.2. The number of nitrogens with zero attached hydrogens (tertiary/aromatic N) is 2. The van der Waals surface area contributed by atoms with Crippen LogP contribution in [-0.2, 0) is 21.4 Å². The average Bonchev–Trinajstić information content (AvgIpc) is 2.57. The minimum atomic E-state index is -3.92. The molecule has 0 amide bonds. The third kappa shape index (κ3) is 3.32. The minimum Gasteiger partial charge on any atom is -0.350 e. The van der Waals surface area contributed by atoms with Gasteiger partial charge in [-0.25, -0.2) is 0 Å². The van der Waals surface area contributed by atoms with Crippen molar-refractivity contribution in [1.82, 2.24) is 10.2 Å². The second-order valence-corrected chi connectivity index (χ2v) is 6.93. The van der Waals surface area contributed by atoms with Crippen molar-refractivity contribution in [2.24, 2.45) is 12.1 Å². The van der Waals surface area contributed by atoms with E-state index in [4.69, 9.17) is 4.28 Å². The number of nitrogens with one attached hydrogen (secondary N) is 1. The summed E-state index contributed by atoms with van der Waals surface area (Å²) < 4.78 is 30.9. The number of fused-ring (bicyclic) bond motifs is 1. The highest BCUT2D eigenvalue weighted by Crippen LogP contribution is 2.12. The zero-order chi connectivity index (χ0) is 17.2. The largest absolute Gasteiger partial charge is 0.350 e. The van der Waals surface area contributed by atoms with Gasteiger partial charge in [0, 0.05) is 24.1 Å². The van der Waals surface area contributed by atoms with Crippen LogP contribution in [-0.4, -0.2) is 13.0 Å². The second kappa shape index (κ2) is 6.46. The molecule has 24 heavy (non-hydrogen) atoms. The van der Waals surface area contributed by atoms with Gasteiger partial charge in [-0.1, -0.05) is 35.9 Å². The van der Waals surface area contributed by atoms with Crippen LogP contribution < -0.4 is 10.9 Å². The predicted molar refractivity (Wildman–Crippen MR) is 91.1 cm³/mol. The molecule has 0 aliphatic carbocycles. The normalized spacial score (nSPS) is 12.5. The van der Waals surface area contributed by atoms with Gasteiger partial charge in [-0.3, -0.25) is 0 Å². The molecule has 7 heteroatoms. The number of para-hydroxylation sites is 1. The van der Waals surface area contributed by atoms with Crippen molar-refractivity contribution in [3.8, 4) is 0 Å². The van der Waals surface area contributed by atoms with Crippen molar-refractivity contribution in [2.75, 3.05) is 0 Å². The lowest BCUT2D eigenvalue weighted by Gasteiger charge is -2.06. The summed E-state index contributed by atoms with van der Waals surface area (Å²) in [5, 5.41) is 5.51. The van der Waals surface area contributed by atoms with Gasteiger partial charge in [-0.05, 0) is 31.2 Å². The van der Waals surface area contributed by atoms with Crippen LogP contribution >= 0.6 is 0 Å². The molecule has 0 aliphatic heterocycles. The van der Waals surface area contributed by atoms with Gasteiger partial charge in [0.2, 0.25) is 0 Å². The molecule has 0 spiro atoms. The molecule has 0 aliphatic rings. The first-order valence-corrected chi connectivity index (χ1v) is 8.71. The molecule has 0 radical (unpaired) electrons. The molecule has 0 saturated carbocycles. The van der Waals surface area contributed by atoms with Gasteiger partial charge >= 0.3 is 10.1 Å². The van der Waals surface area contributed by atoms with Crippen LogP contribution in [0.25, 0.3) is 10.9 Å². The average molecular weight is 343 g/mol. The maximum Gasteiger partial charge on any atom is 0.318 e. The zero-order valence-electron chi connectivity index (χ0n) is 13.3. The van der Waals surface area contributed by atoms with Crippen LogP contribution in [0.5, 0.6) is 0 Å². The Morgan fingerprint density at radius 1 is 1.04 bits per heavy atom. The lowest BCUT2D eigenvalue weighted by Crippen LogP contribution is -2.19. The second-order valence-electron chi connectivity index (χ2n) is 5.38. The SMILES string of the molecule is Cc1ccc(S(=O)(=O)ONN=c2ccn(C)c3ccccc23)cc1. The highest BCUT2D eigenvalue weighted by molar-refractivity contribution is 7.86. The third-order valence-corrected chi connectivity index (χ3v) is 4.78. The van der Waals surface area contributed by atoms with Gasteiger partial charge in [0.25, 0.3) is 0 Å². The van der Waals surface area contributed by atoms with Crippen molar-refractivity contribution in [2.45, 2.75) is 11.8 Å². The Labute approximate surface area is 140 Å². The van der Waals surface area contributed by atoms with E-state index in [0.717, 1.165) is 16.5 Å². The molecular weight excluding hydrogens is 326 g/mol. The van der Waals surface area contributed by atoms with Gasteiger partial charge in [0.15, 0.2) is 0 Å². The number of rotatable bonds is 4. The van der Waals surface area contributed by atoms with Crippen LogP contribution in [0.4, 0.5) is 0 Å². The molecule has 0 bridgehead atoms. The Morgan fingerprint density at radius 3 is 2.50 bits per heavy atom. The Balaban J connectivity index is 1.87. The summed E-state index contributed by atoms with van der Waals surface area (Å²) in [6, 6.07) is 15.9. The summed E-state index contributed by atoms with van der Waals surface area (Å²) in [4.78, 5) is 0.0696. The van der Waals surface area contributed by atoms with E-state index < -0.39 is 10.1 Å². The van der Waals surface area contributed by atoms with Gasteiger partial charge < -0.3 is 4.57 Å². The fraction of sp³-hybridized carbons (Fsp3) is 0.118. The van der Waals surface area contributed by atoms with Crippen molar-refractivity contribution in [3.05, 3.63) is 71.7 Å². The fourth-order valence-corrected chi connectivity index (χ4v) is 3.02. The van der Waals surface area contributed by atoms with E-state index in [-0.39, 0.29) is 4.90 Å². The zero-order valence-corrected chi connectivity index (χ0v) is 14.1. The number of hydrogen-bond acceptors (Lipinski definition) is 5. The Hall–Kier alpha value is -2.64. The molecule has 6 nitrogen and oxygen atoms in total. The minimum absolute atomic E-state index is 0.0696. The van der Waals surface area contributed by atoms with Crippen molar-refractivity contribution < 1.29 is 12.7 Å². The van der Waals surface area contributed by atoms with Crippen LogP contribution in [0.3, 0.4) is 0 Å². The molecule has 1 heterocycles. The molecule has 0 saturated heterocycles. The monoisotopic (exact) mass is 343 g/mol. The first-order chi connectivity index (χ1) is 11.5. The molecule has 124 valence electrons. The molecule has 0 unspecified atom stereocenters. The summed E-state index contributed by atoms with van der Waals surface area (Å²) in [6.07, 6.45) is 1.84. The third-order valence-electron chi connectivity index (χ3n) is 3.64. The summed E-state index contributed by atoms with van der Waals surface area (Å²) in [5.74, 6) is 0. The van der Waals surface area contributed by atoms with E-state index >= 15 is 0 Å². The smallest absolute Gasteiger partial charge is 0.318 e. The summed E-state index contributed by atoms with van der Waals surface area (Å²) in [5.41, 5.74) is 4.14. The molecule has 0 atom stereocenters. The van der Waals surface area contributed by atoms with Crippen molar-refractivity contribution in [1.29, 1.82) is 0 Å². The Kier molecular flexibility index (Phi) is 4.37. The van der Waals surface area contributed by atoms with Crippen LogP contribution in [0.15, 0.2) is 70.8 Å². The molecule has 0 fully saturated rings. The first-order valence-electron chi connectivity index (χ1n) is 7.31. The van der Waals surface area contributed by atoms with Gasteiger partial charge in [-0.15, -0.1) is 4.28 Å². The molecule has 3 rings (SSSR count). The number of benzene rings is 2. The van der Waals surface area contributed by atoms with E-state index in [0.29, 0.717) is 5.36 Å². The highest BCUT2D eigenvalue weighted by Gasteiger charge is 2.14. The predicted octanol–water partition coefficient (Wildman–Crippen LogP) is 2.21. The van der Waals surface area contributed by atoms with Crippen molar-refractivity contribution in [3.63, 3.8) is 0 Å². The number of pyridine rings is 1. The van der Waals surface area contributed by atoms with E-state index in [1.165, 1.54) is 12.1 Å². The molecule has 2 aromatic carbocycles. The fourth-order valence-electron chi connectivity index (χ4n) is 2.32. The summed E-state index contributed by atoms with van der Waals surface area (Å²) >= 11 is 0. The Morgan fingerprint density at radius 2 is 1.75 bits per heavy atom. The Bertz CT molecular complexity index is 1040. The van der Waals surface area contributed by atoms with E-state index in [2.05, 4.69) is 10.7 Å². The van der Waals surface area contributed by atoms with E-state index in [9.17, 15) is 8.42 Å². The lowest BCUT2D eigenvalue weighted by molar-refractivity contribution is 0.205. The molecule has 1 aromatic heterocycles. The molecule has 3 aromatic rings. The lowest BCUT2D eigenvalue weighted by atomic mass is 10.2. The number of aryl methyl sites for hydroxylation is 2. The molecule has 1 N–H and O–H groups in total. The summed E-state index contributed by atoms with van der Waals surface area (Å²) in [6.45, 7) is 1.88. The number of hydrogen-bond donors (Lipinski definition) is 1. The summed E-state index contributed by atoms with van der Waals surface area (Å²) in [7, 11) is -1.99. The quantitative estimate of drug-likeness (QED) is 0.737. The van der Waals surface area contributed by atoms with Crippen molar-refractivity contribution >= 4 is 21.0 Å². The van der Waals surface area contributed by atoms with E-state index in [1.807, 2.05) is 49.0 Å². The van der Waals surface area contributed by atoms with Gasteiger partial charge in [0.05, 0.1) is 10.3 Å². The van der Waals surface area contributed by atoms with Crippen LogP contribution in [0.1, 0.15) is 5.56 Å².